The summed E-state index contributed by atoms with van der Waals surface area (Å²) in [4.78, 5) is 12.0. The van der Waals surface area contributed by atoms with Gasteiger partial charge in [0.05, 0.1) is 17.7 Å². The smallest absolute Gasteiger partial charge is 0.257 e. The molecular weight excluding hydrogens is 285 g/mol. The molecule has 0 heterocycles. The fraction of sp³-hybridized carbons (Fsp3) is 0.0714. The van der Waals surface area contributed by atoms with Gasteiger partial charge < -0.3 is 10.1 Å². The van der Waals surface area contributed by atoms with E-state index in [4.69, 9.17) is 27.9 Å². The van der Waals surface area contributed by atoms with Crippen LogP contribution < -0.4 is 10.1 Å². The highest BCUT2D eigenvalue weighted by atomic mass is 35.5. The predicted molar refractivity (Wildman–Crippen MR) is 77.4 cm³/mol. The first-order valence-corrected chi connectivity index (χ1v) is 6.26. The zero-order chi connectivity index (χ0) is 13.8. The third-order valence-electron chi connectivity index (χ3n) is 2.52. The lowest BCUT2D eigenvalue weighted by atomic mass is 10.2. The highest BCUT2D eigenvalue weighted by Gasteiger charge is 2.10. The summed E-state index contributed by atoms with van der Waals surface area (Å²) in [5.41, 5.74) is 1.04. The molecule has 1 N–H and O–H groups in total. The molecule has 2 aromatic rings. The molecular formula is C14H11Cl2NO2. The largest absolute Gasteiger partial charge is 0.497 e. The van der Waals surface area contributed by atoms with Crippen molar-refractivity contribution < 1.29 is 9.53 Å². The Morgan fingerprint density at radius 2 is 1.79 bits per heavy atom. The van der Waals surface area contributed by atoms with Gasteiger partial charge >= 0.3 is 0 Å². The number of ether oxygens (including phenoxy) is 1. The molecule has 2 rings (SSSR count). The van der Waals surface area contributed by atoms with Crippen LogP contribution in [0.3, 0.4) is 0 Å². The second-order valence-corrected chi connectivity index (χ2v) is 4.65. The lowest BCUT2D eigenvalue weighted by Gasteiger charge is -2.07. The molecule has 1 amide bonds. The van der Waals surface area contributed by atoms with Gasteiger partial charge in [-0.1, -0.05) is 23.2 Å². The van der Waals surface area contributed by atoms with Gasteiger partial charge in [0.15, 0.2) is 0 Å². The zero-order valence-corrected chi connectivity index (χ0v) is 11.6. The van der Waals surface area contributed by atoms with Crippen LogP contribution in [0.25, 0.3) is 0 Å². The molecule has 98 valence electrons. The van der Waals surface area contributed by atoms with Crippen LogP contribution >= 0.6 is 23.2 Å². The molecule has 19 heavy (non-hydrogen) atoms. The van der Waals surface area contributed by atoms with E-state index in [1.807, 2.05) is 0 Å². The van der Waals surface area contributed by atoms with E-state index in [1.54, 1.807) is 43.5 Å². The molecule has 0 saturated carbocycles. The molecule has 0 radical (unpaired) electrons. The lowest BCUT2D eigenvalue weighted by molar-refractivity contribution is 0.102. The van der Waals surface area contributed by atoms with Gasteiger partial charge in [-0.3, -0.25) is 4.79 Å². The Morgan fingerprint density at radius 1 is 1.11 bits per heavy atom. The van der Waals surface area contributed by atoms with E-state index in [9.17, 15) is 4.79 Å². The fourth-order valence-electron chi connectivity index (χ4n) is 1.55. The number of hydrogen-bond acceptors (Lipinski definition) is 2. The van der Waals surface area contributed by atoms with Crippen LogP contribution in [0.2, 0.25) is 10.0 Å². The number of nitrogens with one attached hydrogen (secondary N) is 1. The average molecular weight is 296 g/mol. The van der Waals surface area contributed by atoms with Crippen molar-refractivity contribution in [3.05, 3.63) is 58.1 Å². The third kappa shape index (κ3) is 3.40. The van der Waals surface area contributed by atoms with E-state index in [0.29, 0.717) is 21.3 Å². The summed E-state index contributed by atoms with van der Waals surface area (Å²) >= 11 is 11.8. The van der Waals surface area contributed by atoms with Crippen LogP contribution in [-0.2, 0) is 0 Å². The second-order valence-electron chi connectivity index (χ2n) is 3.81. The monoisotopic (exact) mass is 295 g/mol. The molecule has 0 bridgehead atoms. The normalized spacial score (nSPS) is 10.1. The number of amides is 1. The van der Waals surface area contributed by atoms with Crippen molar-refractivity contribution >= 4 is 34.8 Å². The molecule has 5 heteroatoms. The summed E-state index contributed by atoms with van der Waals surface area (Å²) in [6.07, 6.45) is 0. The molecule has 0 saturated heterocycles. The summed E-state index contributed by atoms with van der Waals surface area (Å²) in [5.74, 6) is 0.439. The summed E-state index contributed by atoms with van der Waals surface area (Å²) in [7, 11) is 1.58. The van der Waals surface area contributed by atoms with Gasteiger partial charge in [0, 0.05) is 10.7 Å². The van der Waals surface area contributed by atoms with Crippen molar-refractivity contribution in [1.29, 1.82) is 0 Å². The maximum Gasteiger partial charge on any atom is 0.257 e. The van der Waals surface area contributed by atoms with Crippen molar-refractivity contribution in [2.45, 2.75) is 0 Å². The standard InChI is InChI=1S/C14H11Cl2NO2/c1-19-11-5-3-10(4-6-11)17-14(18)12-7-2-9(15)8-13(12)16/h2-8H,1H3,(H,17,18). The zero-order valence-electron chi connectivity index (χ0n) is 10.1. The number of hydrogen-bond donors (Lipinski definition) is 1. The number of carbonyl (C=O) groups is 1. The SMILES string of the molecule is COc1ccc(NC(=O)c2ccc(Cl)cc2Cl)cc1. The molecule has 0 aromatic heterocycles. The van der Waals surface area contributed by atoms with Gasteiger partial charge in [0.25, 0.3) is 5.91 Å². The summed E-state index contributed by atoms with van der Waals surface area (Å²) in [5, 5.41) is 3.56. The number of halogens is 2. The maximum atomic E-state index is 12.0. The summed E-state index contributed by atoms with van der Waals surface area (Å²) < 4.78 is 5.04. The topological polar surface area (TPSA) is 38.3 Å². The Balaban J connectivity index is 2.15. The summed E-state index contributed by atoms with van der Waals surface area (Å²) in [6.45, 7) is 0. The van der Waals surface area contributed by atoms with Crippen molar-refractivity contribution in [2.75, 3.05) is 12.4 Å². The molecule has 0 aliphatic heterocycles. The Hall–Kier alpha value is -1.71. The van der Waals surface area contributed by atoms with Crippen LogP contribution in [0.1, 0.15) is 10.4 Å². The van der Waals surface area contributed by atoms with E-state index in [-0.39, 0.29) is 5.91 Å². The summed E-state index contributed by atoms with van der Waals surface area (Å²) in [6, 6.07) is 11.8. The quantitative estimate of drug-likeness (QED) is 0.919. The van der Waals surface area contributed by atoms with Crippen molar-refractivity contribution in [1.82, 2.24) is 0 Å². The third-order valence-corrected chi connectivity index (χ3v) is 3.07. The van der Waals surface area contributed by atoms with Crippen LogP contribution in [0.5, 0.6) is 5.75 Å². The van der Waals surface area contributed by atoms with E-state index in [1.165, 1.54) is 6.07 Å². The number of benzene rings is 2. The second kappa shape index (κ2) is 5.95. The maximum absolute atomic E-state index is 12.0. The highest BCUT2D eigenvalue weighted by Crippen LogP contribution is 2.22. The van der Waals surface area contributed by atoms with Gasteiger partial charge in [-0.15, -0.1) is 0 Å². The van der Waals surface area contributed by atoms with Gasteiger partial charge in [-0.05, 0) is 42.5 Å². The van der Waals surface area contributed by atoms with Gasteiger partial charge in [-0.25, -0.2) is 0 Å². The van der Waals surface area contributed by atoms with E-state index >= 15 is 0 Å². The molecule has 0 aliphatic carbocycles. The molecule has 0 spiro atoms. The Labute approximate surface area is 121 Å². The minimum atomic E-state index is -0.285. The first-order valence-electron chi connectivity index (χ1n) is 5.50. The molecule has 0 unspecified atom stereocenters. The highest BCUT2D eigenvalue weighted by molar-refractivity contribution is 6.37. The molecule has 0 fully saturated rings. The molecule has 0 atom stereocenters. The minimum absolute atomic E-state index is 0.285. The van der Waals surface area contributed by atoms with Crippen LogP contribution in [0, 0.1) is 0 Å². The van der Waals surface area contributed by atoms with Gasteiger partial charge in [0.2, 0.25) is 0 Å². The predicted octanol–water partition coefficient (Wildman–Crippen LogP) is 4.25. The molecule has 2 aromatic carbocycles. The van der Waals surface area contributed by atoms with Gasteiger partial charge in [0.1, 0.15) is 5.75 Å². The van der Waals surface area contributed by atoms with Crippen LogP contribution in [0.15, 0.2) is 42.5 Å². The van der Waals surface area contributed by atoms with E-state index in [2.05, 4.69) is 5.32 Å². The van der Waals surface area contributed by atoms with Crippen LogP contribution in [-0.4, -0.2) is 13.0 Å². The number of carbonyl (C=O) groups excluding carboxylic acids is 1. The lowest BCUT2D eigenvalue weighted by Crippen LogP contribution is -2.12. The Kier molecular flexibility index (Phi) is 4.30. The fourth-order valence-corrected chi connectivity index (χ4v) is 2.04. The number of anilines is 1. The molecule has 0 aliphatic rings. The molecule has 3 nitrogen and oxygen atoms in total. The van der Waals surface area contributed by atoms with Crippen LogP contribution in [0.4, 0.5) is 5.69 Å². The number of methoxy groups -OCH3 is 1. The van der Waals surface area contributed by atoms with E-state index in [0.717, 1.165) is 5.75 Å². The average Bonchev–Trinajstić information content (AvgIpc) is 2.39. The minimum Gasteiger partial charge on any atom is -0.497 e. The number of rotatable bonds is 3. The Morgan fingerprint density at radius 3 is 2.37 bits per heavy atom. The van der Waals surface area contributed by atoms with Crippen molar-refractivity contribution in [3.63, 3.8) is 0 Å². The van der Waals surface area contributed by atoms with Crippen molar-refractivity contribution in [2.24, 2.45) is 0 Å². The van der Waals surface area contributed by atoms with Gasteiger partial charge in [-0.2, -0.15) is 0 Å². The van der Waals surface area contributed by atoms with E-state index < -0.39 is 0 Å². The Bertz CT molecular complexity index is 597. The first kappa shape index (κ1) is 13.7. The first-order chi connectivity index (χ1) is 9.10. The van der Waals surface area contributed by atoms with Crippen molar-refractivity contribution in [3.8, 4) is 5.75 Å².